The molecular formula is C39H31Cl2N3O5S. The number of carbonyl (C=O) groups is 1. The van der Waals surface area contributed by atoms with Crippen molar-refractivity contribution in [2.45, 2.75) is 19.5 Å². The highest BCUT2D eigenvalue weighted by atomic mass is 35.5. The number of carbonyl (C=O) groups excluding carboxylic acids is 1. The van der Waals surface area contributed by atoms with E-state index >= 15 is 0 Å². The van der Waals surface area contributed by atoms with Crippen LogP contribution in [-0.4, -0.2) is 35.9 Å². The summed E-state index contributed by atoms with van der Waals surface area (Å²) in [6, 6.07) is 27.5. The zero-order valence-corrected chi connectivity index (χ0v) is 29.7. The fourth-order valence-corrected chi connectivity index (χ4v) is 7.59. The van der Waals surface area contributed by atoms with E-state index in [1.54, 1.807) is 43.9 Å². The topological polar surface area (TPSA) is 84.1 Å². The van der Waals surface area contributed by atoms with E-state index in [2.05, 4.69) is 4.57 Å². The molecule has 1 aliphatic heterocycles. The minimum atomic E-state index is -0.903. The first kappa shape index (κ1) is 33.4. The largest absolute Gasteiger partial charge is 0.497 e. The van der Waals surface area contributed by atoms with Gasteiger partial charge in [-0.25, -0.2) is 9.79 Å². The van der Waals surface area contributed by atoms with Gasteiger partial charge < -0.3 is 18.8 Å². The molecule has 50 heavy (non-hydrogen) atoms. The van der Waals surface area contributed by atoms with E-state index in [1.807, 2.05) is 85.1 Å². The molecular weight excluding hydrogens is 693 g/mol. The van der Waals surface area contributed by atoms with Crippen LogP contribution in [-0.2, 0) is 16.1 Å². The molecule has 1 aliphatic rings. The van der Waals surface area contributed by atoms with Gasteiger partial charge in [0.2, 0.25) is 0 Å². The summed E-state index contributed by atoms with van der Waals surface area (Å²) in [5, 5.41) is 1.96. The van der Waals surface area contributed by atoms with Crippen molar-refractivity contribution in [2.24, 2.45) is 4.99 Å². The van der Waals surface area contributed by atoms with E-state index < -0.39 is 12.0 Å². The Balaban J connectivity index is 1.46. The molecule has 1 atom stereocenters. The van der Waals surface area contributed by atoms with E-state index in [4.69, 9.17) is 42.4 Å². The molecule has 11 heteroatoms. The van der Waals surface area contributed by atoms with Gasteiger partial charge in [-0.2, -0.15) is 0 Å². The van der Waals surface area contributed by atoms with Crippen molar-refractivity contribution in [3.63, 3.8) is 0 Å². The lowest BCUT2D eigenvalue weighted by molar-refractivity contribution is -0.138. The second-order valence-corrected chi connectivity index (χ2v) is 13.3. The zero-order chi connectivity index (χ0) is 34.9. The van der Waals surface area contributed by atoms with Gasteiger partial charge in [-0.05, 0) is 48.9 Å². The lowest BCUT2D eigenvalue weighted by Crippen LogP contribution is -2.40. The molecule has 6 aromatic rings. The zero-order valence-electron chi connectivity index (χ0n) is 27.4. The summed E-state index contributed by atoms with van der Waals surface area (Å²) in [4.78, 5) is 33.9. The Morgan fingerprint density at radius 1 is 0.940 bits per heavy atom. The number of ether oxygens (including phenoxy) is 3. The van der Waals surface area contributed by atoms with Gasteiger partial charge in [-0.1, -0.05) is 89.1 Å². The number of esters is 1. The Morgan fingerprint density at radius 2 is 1.72 bits per heavy atom. The number of methoxy groups -OCH3 is 2. The van der Waals surface area contributed by atoms with Gasteiger partial charge in [0, 0.05) is 46.4 Å². The van der Waals surface area contributed by atoms with Gasteiger partial charge in [-0.3, -0.25) is 9.36 Å². The molecule has 0 fully saturated rings. The van der Waals surface area contributed by atoms with Gasteiger partial charge in [0.05, 0.1) is 46.7 Å². The number of aromatic nitrogens is 2. The Labute approximate surface area is 301 Å². The van der Waals surface area contributed by atoms with E-state index in [0.717, 1.165) is 27.6 Å². The molecule has 0 bridgehead atoms. The number of nitrogens with zero attached hydrogens (tertiary/aromatic N) is 3. The van der Waals surface area contributed by atoms with Crippen molar-refractivity contribution in [1.82, 2.24) is 9.13 Å². The van der Waals surface area contributed by atoms with Crippen molar-refractivity contribution >= 4 is 63.2 Å². The second kappa shape index (κ2) is 14.0. The minimum absolute atomic E-state index is 0.146. The number of thiazole rings is 1. The Bertz CT molecular complexity index is 2480. The van der Waals surface area contributed by atoms with Gasteiger partial charge in [0.15, 0.2) is 4.80 Å². The molecule has 3 heterocycles. The molecule has 0 spiro atoms. The molecule has 0 radical (unpaired) electrons. The third kappa shape index (κ3) is 6.13. The standard InChI is InChI=1S/C39H31Cl2N3O5S/c1-4-49-38(46)34-35(24-10-6-5-7-11-24)42-39-44(36(34)28-16-15-26(47-2)20-32(28)48-3)37(45)33(50-39)19-25-22-43(31-13-9-8-12-27(25)31)21-23-14-17-29(40)30(41)18-23/h5-20,22,36H,4,21H2,1-3H3/b33-19-/t36-/m0/s1. The smallest absolute Gasteiger partial charge is 0.338 e. The van der Waals surface area contributed by atoms with Gasteiger partial charge in [-0.15, -0.1) is 0 Å². The molecule has 2 aromatic heterocycles. The number of hydrogen-bond donors (Lipinski definition) is 0. The van der Waals surface area contributed by atoms with Crippen molar-refractivity contribution in [3.8, 4) is 11.5 Å². The van der Waals surface area contributed by atoms with Gasteiger partial charge in [0.1, 0.15) is 17.5 Å². The van der Waals surface area contributed by atoms with Crippen LogP contribution in [0, 0.1) is 0 Å². The number of para-hydroxylation sites is 1. The number of fused-ring (bicyclic) bond motifs is 2. The first-order valence-corrected chi connectivity index (χ1v) is 17.4. The molecule has 4 aromatic carbocycles. The van der Waals surface area contributed by atoms with Crippen LogP contribution < -0.4 is 24.4 Å². The Kier molecular flexibility index (Phi) is 9.38. The van der Waals surface area contributed by atoms with Crippen molar-refractivity contribution in [1.29, 1.82) is 0 Å². The van der Waals surface area contributed by atoms with E-state index in [9.17, 15) is 9.59 Å². The Morgan fingerprint density at radius 3 is 2.46 bits per heavy atom. The van der Waals surface area contributed by atoms with Crippen LogP contribution in [0.4, 0.5) is 0 Å². The maximum absolute atomic E-state index is 14.6. The predicted molar refractivity (Wildman–Crippen MR) is 198 cm³/mol. The SMILES string of the molecule is CCOC(=O)C1=C(c2ccccc2)N=c2s/c(=C\c3cn(Cc4ccc(Cl)c(Cl)c4)c4ccccc34)c(=O)n2[C@H]1c1ccc(OC)cc1OC. The molecule has 0 amide bonds. The molecule has 0 N–H and O–H groups in total. The molecule has 0 aliphatic carbocycles. The number of hydrogen-bond acceptors (Lipinski definition) is 7. The van der Waals surface area contributed by atoms with Crippen LogP contribution >= 0.6 is 34.5 Å². The summed E-state index contributed by atoms with van der Waals surface area (Å²) in [6.07, 6.45) is 3.91. The quantitative estimate of drug-likeness (QED) is 0.147. The maximum atomic E-state index is 14.6. The third-order valence-corrected chi connectivity index (χ3v) is 10.3. The summed E-state index contributed by atoms with van der Waals surface area (Å²) in [5.41, 5.74) is 4.51. The lowest BCUT2D eigenvalue weighted by atomic mass is 9.92. The average Bonchev–Trinajstić information content (AvgIpc) is 3.64. The maximum Gasteiger partial charge on any atom is 0.338 e. The van der Waals surface area contributed by atoms with Crippen LogP contribution in [0.5, 0.6) is 11.5 Å². The van der Waals surface area contributed by atoms with E-state index in [1.165, 1.54) is 11.3 Å². The van der Waals surface area contributed by atoms with Gasteiger partial charge >= 0.3 is 5.97 Å². The number of benzene rings is 4. The molecule has 252 valence electrons. The monoisotopic (exact) mass is 723 g/mol. The third-order valence-electron chi connectivity index (χ3n) is 8.55. The van der Waals surface area contributed by atoms with Crippen molar-refractivity contribution < 1.29 is 19.0 Å². The highest BCUT2D eigenvalue weighted by Gasteiger charge is 2.37. The first-order valence-electron chi connectivity index (χ1n) is 15.8. The number of halogens is 2. The van der Waals surface area contributed by atoms with E-state index in [-0.39, 0.29) is 17.7 Å². The fourth-order valence-electron chi connectivity index (χ4n) is 6.28. The average molecular weight is 725 g/mol. The van der Waals surface area contributed by atoms with Crippen LogP contribution in [0.3, 0.4) is 0 Å². The van der Waals surface area contributed by atoms with Crippen molar-refractivity contribution in [2.75, 3.05) is 20.8 Å². The lowest BCUT2D eigenvalue weighted by Gasteiger charge is -2.27. The summed E-state index contributed by atoms with van der Waals surface area (Å²) in [6.45, 7) is 2.44. The summed E-state index contributed by atoms with van der Waals surface area (Å²) in [7, 11) is 3.11. The fraction of sp³-hybridized carbons (Fsp3) is 0.154. The molecule has 0 unspecified atom stereocenters. The predicted octanol–water partition coefficient (Wildman–Crippen LogP) is 7.26. The van der Waals surface area contributed by atoms with Gasteiger partial charge in [0.25, 0.3) is 5.56 Å². The van der Waals surface area contributed by atoms with Crippen LogP contribution in [0.1, 0.15) is 35.2 Å². The highest BCUT2D eigenvalue weighted by Crippen LogP contribution is 2.40. The minimum Gasteiger partial charge on any atom is -0.497 e. The van der Waals surface area contributed by atoms with Crippen LogP contribution in [0.25, 0.3) is 22.7 Å². The van der Waals surface area contributed by atoms with Crippen LogP contribution in [0.2, 0.25) is 10.0 Å². The first-order chi connectivity index (χ1) is 24.3. The molecule has 0 saturated carbocycles. The normalized spacial score (nSPS) is 14.4. The van der Waals surface area contributed by atoms with Crippen molar-refractivity contribution in [3.05, 3.63) is 155 Å². The van der Waals surface area contributed by atoms with Crippen LogP contribution in [0.15, 0.2) is 113 Å². The molecule has 8 nitrogen and oxygen atoms in total. The highest BCUT2D eigenvalue weighted by molar-refractivity contribution is 7.07. The summed E-state index contributed by atoms with van der Waals surface area (Å²) >= 11 is 13.8. The second-order valence-electron chi connectivity index (χ2n) is 11.5. The van der Waals surface area contributed by atoms with E-state index in [0.29, 0.717) is 48.7 Å². The Hall–Kier alpha value is -5.09. The summed E-state index contributed by atoms with van der Waals surface area (Å²) in [5.74, 6) is 0.447. The molecule has 0 saturated heterocycles. The summed E-state index contributed by atoms with van der Waals surface area (Å²) < 4.78 is 21.0. The molecule has 7 rings (SSSR count). The number of rotatable bonds is 9.